The summed E-state index contributed by atoms with van der Waals surface area (Å²) in [6, 6.07) is 8.47. The lowest BCUT2D eigenvalue weighted by molar-refractivity contribution is -0.754. The van der Waals surface area contributed by atoms with Gasteiger partial charge >= 0.3 is 6.01 Å². The third kappa shape index (κ3) is 2.88. The van der Waals surface area contributed by atoms with Crippen LogP contribution in [0, 0.1) is 6.92 Å². The summed E-state index contributed by atoms with van der Waals surface area (Å²) in [6.07, 6.45) is 3.42. The summed E-state index contributed by atoms with van der Waals surface area (Å²) in [6.45, 7) is 2.53. The summed E-state index contributed by atoms with van der Waals surface area (Å²) in [5.41, 5.74) is 9.49. The predicted octanol–water partition coefficient (Wildman–Crippen LogP) is 1.37. The first-order valence-electron chi connectivity index (χ1n) is 6.74. The number of hydrogen-bond donors (Lipinski definition) is 1. The standard InChI is InChI=1S/C15H16N5O2/c1-10-13(7-17-15(18-10)21-2)12-5-3-11(4-6-12)8-20-9-14(16)22-19-20/h3-7,9H,8,16H2,1-2H3/q+1. The van der Waals surface area contributed by atoms with Gasteiger partial charge in [0.25, 0.3) is 12.1 Å². The molecular formula is C15H16N5O2+. The zero-order valence-electron chi connectivity index (χ0n) is 12.4. The highest BCUT2D eigenvalue weighted by Crippen LogP contribution is 2.23. The van der Waals surface area contributed by atoms with Crippen molar-refractivity contribution in [2.24, 2.45) is 0 Å². The molecule has 0 saturated heterocycles. The SMILES string of the molecule is COc1ncc(-c2ccc(C[n+]3cc(N)on3)cc2)c(C)n1. The minimum atomic E-state index is 0.294. The number of anilines is 1. The zero-order valence-corrected chi connectivity index (χ0v) is 12.4. The molecule has 3 rings (SSSR count). The van der Waals surface area contributed by atoms with Crippen LogP contribution >= 0.6 is 0 Å². The van der Waals surface area contributed by atoms with Crippen LogP contribution in [0.2, 0.25) is 0 Å². The summed E-state index contributed by atoms with van der Waals surface area (Å²) in [4.78, 5) is 8.44. The maximum atomic E-state index is 5.50. The van der Waals surface area contributed by atoms with Crippen molar-refractivity contribution in [1.29, 1.82) is 0 Å². The molecule has 2 heterocycles. The van der Waals surface area contributed by atoms with Gasteiger partial charge in [0.1, 0.15) is 0 Å². The molecule has 0 spiro atoms. The third-order valence-corrected chi connectivity index (χ3v) is 3.28. The first-order valence-corrected chi connectivity index (χ1v) is 6.74. The molecule has 0 radical (unpaired) electrons. The van der Waals surface area contributed by atoms with Crippen molar-refractivity contribution in [3.8, 4) is 17.1 Å². The lowest BCUT2D eigenvalue weighted by Crippen LogP contribution is -2.35. The minimum Gasteiger partial charge on any atom is -0.467 e. The molecule has 0 unspecified atom stereocenters. The molecule has 0 amide bonds. The van der Waals surface area contributed by atoms with Crippen LogP contribution in [0.1, 0.15) is 11.3 Å². The van der Waals surface area contributed by atoms with E-state index < -0.39 is 0 Å². The van der Waals surface area contributed by atoms with Crippen molar-refractivity contribution in [2.45, 2.75) is 13.5 Å². The first-order chi connectivity index (χ1) is 10.7. The first kappa shape index (κ1) is 14.0. The lowest BCUT2D eigenvalue weighted by atomic mass is 10.0. The van der Waals surface area contributed by atoms with E-state index in [2.05, 4.69) is 15.2 Å². The summed E-state index contributed by atoms with van der Waals surface area (Å²) in [5, 5.41) is 3.81. The molecule has 0 atom stereocenters. The molecule has 0 aliphatic heterocycles. The average molecular weight is 298 g/mol. The Morgan fingerprint density at radius 3 is 2.64 bits per heavy atom. The molecule has 112 valence electrons. The van der Waals surface area contributed by atoms with Gasteiger partial charge in [-0.2, -0.15) is 4.98 Å². The lowest BCUT2D eigenvalue weighted by Gasteiger charge is -2.06. The van der Waals surface area contributed by atoms with Crippen molar-refractivity contribution in [3.05, 3.63) is 47.9 Å². The number of methoxy groups -OCH3 is 1. The second-order valence-corrected chi connectivity index (χ2v) is 4.85. The van der Waals surface area contributed by atoms with Crippen molar-refractivity contribution in [2.75, 3.05) is 12.8 Å². The number of nitrogens with two attached hydrogens (primary N) is 1. The van der Waals surface area contributed by atoms with Crippen LogP contribution in [0.25, 0.3) is 11.1 Å². The molecule has 7 heteroatoms. The third-order valence-electron chi connectivity index (χ3n) is 3.28. The molecular weight excluding hydrogens is 282 g/mol. The summed E-state index contributed by atoms with van der Waals surface area (Å²) >= 11 is 0. The Kier molecular flexibility index (Phi) is 3.69. The van der Waals surface area contributed by atoms with Gasteiger partial charge in [-0.1, -0.05) is 24.3 Å². The number of benzene rings is 1. The number of nitrogen functional groups attached to an aromatic ring is 1. The maximum Gasteiger partial charge on any atom is 0.316 e. The van der Waals surface area contributed by atoms with Gasteiger partial charge in [-0.3, -0.25) is 4.52 Å². The summed E-state index contributed by atoms with van der Waals surface area (Å²) in [5.74, 6) is 0.294. The average Bonchev–Trinajstić information content (AvgIpc) is 2.93. The van der Waals surface area contributed by atoms with Gasteiger partial charge in [0.05, 0.1) is 12.8 Å². The van der Waals surface area contributed by atoms with E-state index in [4.69, 9.17) is 15.0 Å². The fourth-order valence-corrected chi connectivity index (χ4v) is 2.17. The van der Waals surface area contributed by atoms with E-state index in [1.807, 2.05) is 31.2 Å². The van der Waals surface area contributed by atoms with Crippen LogP contribution in [-0.2, 0) is 6.54 Å². The molecule has 22 heavy (non-hydrogen) atoms. The van der Waals surface area contributed by atoms with Crippen molar-refractivity contribution in [1.82, 2.24) is 15.2 Å². The Morgan fingerprint density at radius 1 is 1.27 bits per heavy atom. The molecule has 0 aliphatic rings. The van der Waals surface area contributed by atoms with Gasteiger partial charge in [0.2, 0.25) is 11.8 Å². The largest absolute Gasteiger partial charge is 0.467 e. The Hall–Kier alpha value is -2.96. The monoisotopic (exact) mass is 298 g/mol. The van der Waals surface area contributed by atoms with Crippen molar-refractivity contribution >= 4 is 5.88 Å². The van der Waals surface area contributed by atoms with Gasteiger partial charge in [-0.25, -0.2) is 4.98 Å². The zero-order chi connectivity index (χ0) is 15.5. The van der Waals surface area contributed by atoms with E-state index in [1.165, 1.54) is 0 Å². The Morgan fingerprint density at radius 2 is 2.05 bits per heavy atom. The maximum absolute atomic E-state index is 5.50. The molecule has 1 aromatic carbocycles. The van der Waals surface area contributed by atoms with Crippen molar-refractivity contribution in [3.63, 3.8) is 0 Å². The molecule has 7 nitrogen and oxygen atoms in total. The fraction of sp³-hybridized carbons (Fsp3) is 0.200. The van der Waals surface area contributed by atoms with E-state index in [0.717, 1.165) is 22.4 Å². The van der Waals surface area contributed by atoms with Crippen LogP contribution in [0.5, 0.6) is 6.01 Å². The smallest absolute Gasteiger partial charge is 0.316 e. The van der Waals surface area contributed by atoms with Crippen LogP contribution in [-0.4, -0.2) is 22.3 Å². The van der Waals surface area contributed by atoms with E-state index in [0.29, 0.717) is 18.4 Å². The van der Waals surface area contributed by atoms with Crippen LogP contribution < -0.4 is 15.2 Å². The summed E-state index contributed by atoms with van der Waals surface area (Å²) in [7, 11) is 1.55. The fourth-order valence-electron chi connectivity index (χ4n) is 2.17. The number of hydrogen-bond acceptors (Lipinski definition) is 6. The van der Waals surface area contributed by atoms with E-state index in [9.17, 15) is 0 Å². The quantitative estimate of drug-likeness (QED) is 0.731. The second kappa shape index (κ2) is 5.80. The Labute approximate surface area is 127 Å². The van der Waals surface area contributed by atoms with Gasteiger partial charge in [-0.15, -0.1) is 0 Å². The molecule has 3 aromatic rings. The van der Waals surface area contributed by atoms with Gasteiger partial charge < -0.3 is 10.5 Å². The number of aryl methyl sites for hydroxylation is 1. The van der Waals surface area contributed by atoms with E-state index >= 15 is 0 Å². The van der Waals surface area contributed by atoms with Crippen LogP contribution in [0.15, 0.2) is 41.2 Å². The minimum absolute atomic E-state index is 0.294. The van der Waals surface area contributed by atoms with Gasteiger partial charge in [0, 0.05) is 17.3 Å². The summed E-state index contributed by atoms with van der Waals surface area (Å²) < 4.78 is 11.5. The van der Waals surface area contributed by atoms with Gasteiger partial charge in [0.15, 0.2) is 0 Å². The normalized spacial score (nSPS) is 10.6. The number of aromatic nitrogens is 4. The highest BCUT2D eigenvalue weighted by Gasteiger charge is 2.11. The van der Waals surface area contributed by atoms with Crippen LogP contribution in [0.3, 0.4) is 0 Å². The Balaban J connectivity index is 1.82. The second-order valence-electron chi connectivity index (χ2n) is 4.85. The van der Waals surface area contributed by atoms with Crippen LogP contribution in [0.4, 0.5) is 5.88 Å². The highest BCUT2D eigenvalue weighted by molar-refractivity contribution is 5.65. The van der Waals surface area contributed by atoms with Crippen molar-refractivity contribution < 1.29 is 13.9 Å². The van der Waals surface area contributed by atoms with E-state index in [-0.39, 0.29) is 0 Å². The topological polar surface area (TPSA) is 90.9 Å². The molecule has 2 aromatic heterocycles. The molecule has 0 aliphatic carbocycles. The number of nitrogens with zero attached hydrogens (tertiary/aromatic N) is 4. The van der Waals surface area contributed by atoms with E-state index in [1.54, 1.807) is 24.2 Å². The molecule has 0 fully saturated rings. The number of rotatable bonds is 4. The Bertz CT molecular complexity index is 783. The molecule has 0 saturated carbocycles. The molecule has 0 bridgehead atoms. The predicted molar refractivity (Wildman–Crippen MR) is 79.0 cm³/mol. The molecule has 2 N–H and O–H groups in total. The highest BCUT2D eigenvalue weighted by atomic mass is 16.5. The van der Waals surface area contributed by atoms with Gasteiger partial charge in [-0.05, 0) is 17.2 Å². The number of ether oxygens (including phenoxy) is 1.